The minimum atomic E-state index is 0.869. The Kier molecular flexibility index (Phi) is 5.03. The Morgan fingerprint density at radius 2 is 2.00 bits per heavy atom. The Hall–Kier alpha value is -1.92. The topological polar surface area (TPSA) is 55.6 Å². The predicted molar refractivity (Wildman–Crippen MR) is 89.8 cm³/mol. The van der Waals surface area contributed by atoms with Crippen molar-refractivity contribution in [3.05, 3.63) is 48.0 Å². The van der Waals surface area contributed by atoms with Gasteiger partial charge in [-0.25, -0.2) is 4.68 Å². The van der Waals surface area contributed by atoms with Crippen LogP contribution in [0, 0.1) is 0 Å². The van der Waals surface area contributed by atoms with E-state index in [0.29, 0.717) is 0 Å². The van der Waals surface area contributed by atoms with Crippen molar-refractivity contribution in [2.75, 3.05) is 12.3 Å². The van der Waals surface area contributed by atoms with Crippen LogP contribution in [-0.2, 0) is 13.6 Å². The fourth-order valence-corrected chi connectivity index (χ4v) is 3.16. The molecule has 0 aliphatic heterocycles. The molecule has 1 heterocycles. The molecular weight excluding hydrogens is 294 g/mol. The van der Waals surface area contributed by atoms with Crippen molar-refractivity contribution in [2.24, 2.45) is 7.05 Å². The summed E-state index contributed by atoms with van der Waals surface area (Å²) in [6.07, 6.45) is 1.09. The molecular formula is C16H19N5S. The number of fused-ring (bicyclic) bond motifs is 1. The predicted octanol–water partition coefficient (Wildman–Crippen LogP) is 2.64. The summed E-state index contributed by atoms with van der Waals surface area (Å²) in [7, 11) is 1.86. The molecule has 0 aliphatic rings. The van der Waals surface area contributed by atoms with Crippen molar-refractivity contribution in [1.29, 1.82) is 0 Å². The molecule has 3 rings (SSSR count). The zero-order chi connectivity index (χ0) is 15.2. The molecule has 2 aromatic carbocycles. The SMILES string of the molecule is Cn1nnnc1SCCCNCc1cccc2ccccc12. The number of hydrogen-bond acceptors (Lipinski definition) is 5. The summed E-state index contributed by atoms with van der Waals surface area (Å²) >= 11 is 1.69. The second kappa shape index (κ2) is 7.38. The average molecular weight is 313 g/mol. The van der Waals surface area contributed by atoms with Crippen LogP contribution in [0.3, 0.4) is 0 Å². The molecule has 5 nitrogen and oxygen atoms in total. The summed E-state index contributed by atoms with van der Waals surface area (Å²) in [6.45, 7) is 1.89. The van der Waals surface area contributed by atoms with Crippen LogP contribution in [0.2, 0.25) is 0 Å². The molecule has 1 aromatic heterocycles. The van der Waals surface area contributed by atoms with Gasteiger partial charge in [0, 0.05) is 19.3 Å². The molecule has 0 spiro atoms. The lowest BCUT2D eigenvalue weighted by Gasteiger charge is -2.08. The van der Waals surface area contributed by atoms with Crippen LogP contribution in [0.5, 0.6) is 0 Å². The third kappa shape index (κ3) is 3.64. The molecule has 0 fully saturated rings. The maximum Gasteiger partial charge on any atom is 0.209 e. The third-order valence-electron chi connectivity index (χ3n) is 3.51. The van der Waals surface area contributed by atoms with E-state index >= 15 is 0 Å². The van der Waals surface area contributed by atoms with Crippen LogP contribution in [-0.4, -0.2) is 32.5 Å². The molecule has 0 aliphatic carbocycles. The van der Waals surface area contributed by atoms with Gasteiger partial charge in [-0.05, 0) is 39.7 Å². The van der Waals surface area contributed by atoms with Gasteiger partial charge in [-0.15, -0.1) is 5.10 Å². The number of rotatable bonds is 7. The highest BCUT2D eigenvalue weighted by Crippen LogP contribution is 2.18. The number of thioether (sulfide) groups is 1. The second-order valence-corrected chi connectivity index (χ2v) is 6.16. The van der Waals surface area contributed by atoms with Crippen molar-refractivity contribution in [1.82, 2.24) is 25.5 Å². The van der Waals surface area contributed by atoms with Crippen LogP contribution in [0.25, 0.3) is 10.8 Å². The largest absolute Gasteiger partial charge is 0.313 e. The second-order valence-electron chi connectivity index (χ2n) is 5.10. The first-order chi connectivity index (χ1) is 10.8. The number of tetrazole rings is 1. The van der Waals surface area contributed by atoms with E-state index in [1.807, 2.05) is 7.05 Å². The molecule has 0 saturated heterocycles. The Bertz CT molecular complexity index is 735. The van der Waals surface area contributed by atoms with E-state index in [9.17, 15) is 0 Å². The van der Waals surface area contributed by atoms with Gasteiger partial charge in [-0.1, -0.05) is 54.2 Å². The third-order valence-corrected chi connectivity index (χ3v) is 4.60. The minimum absolute atomic E-state index is 0.869. The lowest BCUT2D eigenvalue weighted by molar-refractivity contribution is 0.661. The number of hydrogen-bond donors (Lipinski definition) is 1. The van der Waals surface area contributed by atoms with Crippen molar-refractivity contribution < 1.29 is 0 Å². The first-order valence-electron chi connectivity index (χ1n) is 7.37. The van der Waals surface area contributed by atoms with E-state index in [1.54, 1.807) is 16.4 Å². The smallest absolute Gasteiger partial charge is 0.209 e. The lowest BCUT2D eigenvalue weighted by atomic mass is 10.0. The molecule has 0 unspecified atom stereocenters. The first kappa shape index (κ1) is 15.0. The molecule has 0 atom stereocenters. The molecule has 0 saturated carbocycles. The quantitative estimate of drug-likeness (QED) is 0.537. The Labute approximate surface area is 134 Å². The molecule has 22 heavy (non-hydrogen) atoms. The zero-order valence-electron chi connectivity index (χ0n) is 12.6. The maximum atomic E-state index is 3.96. The summed E-state index contributed by atoms with van der Waals surface area (Å²) in [5.74, 6) is 1.01. The fourth-order valence-electron chi connectivity index (χ4n) is 2.37. The van der Waals surface area contributed by atoms with Crippen LogP contribution >= 0.6 is 11.8 Å². The van der Waals surface area contributed by atoms with E-state index in [4.69, 9.17) is 0 Å². The minimum Gasteiger partial charge on any atom is -0.313 e. The highest BCUT2D eigenvalue weighted by molar-refractivity contribution is 7.99. The Morgan fingerprint density at radius 3 is 2.86 bits per heavy atom. The molecule has 6 heteroatoms. The van der Waals surface area contributed by atoms with Gasteiger partial charge in [-0.3, -0.25) is 0 Å². The van der Waals surface area contributed by atoms with Gasteiger partial charge in [0.25, 0.3) is 0 Å². The molecule has 114 valence electrons. The van der Waals surface area contributed by atoms with Crippen molar-refractivity contribution in [2.45, 2.75) is 18.1 Å². The van der Waals surface area contributed by atoms with Gasteiger partial charge < -0.3 is 5.32 Å². The summed E-state index contributed by atoms with van der Waals surface area (Å²) < 4.78 is 1.70. The molecule has 0 radical (unpaired) electrons. The highest BCUT2D eigenvalue weighted by atomic mass is 32.2. The average Bonchev–Trinajstić information content (AvgIpc) is 2.96. The van der Waals surface area contributed by atoms with E-state index in [2.05, 4.69) is 63.3 Å². The first-order valence-corrected chi connectivity index (χ1v) is 8.35. The van der Waals surface area contributed by atoms with Crippen molar-refractivity contribution in [3.63, 3.8) is 0 Å². The number of aromatic nitrogens is 4. The van der Waals surface area contributed by atoms with E-state index in [1.165, 1.54) is 16.3 Å². The highest BCUT2D eigenvalue weighted by Gasteiger charge is 2.02. The summed E-state index contributed by atoms with van der Waals surface area (Å²) in [4.78, 5) is 0. The number of aryl methyl sites for hydroxylation is 1. The molecule has 0 amide bonds. The van der Waals surface area contributed by atoms with Gasteiger partial charge in [0.2, 0.25) is 5.16 Å². The normalized spacial score (nSPS) is 11.1. The van der Waals surface area contributed by atoms with E-state index < -0.39 is 0 Å². The van der Waals surface area contributed by atoms with Crippen LogP contribution in [0.15, 0.2) is 47.6 Å². The summed E-state index contributed by atoms with van der Waals surface area (Å²) in [6, 6.07) is 15.0. The Morgan fingerprint density at radius 1 is 1.14 bits per heavy atom. The summed E-state index contributed by atoms with van der Waals surface area (Å²) in [5.41, 5.74) is 1.35. The number of nitrogens with one attached hydrogen (secondary N) is 1. The van der Waals surface area contributed by atoms with Crippen LogP contribution < -0.4 is 5.32 Å². The van der Waals surface area contributed by atoms with E-state index in [0.717, 1.165) is 30.4 Å². The standard InChI is InChI=1S/C16H19N5S/c1-21-16(18-19-20-21)22-11-5-10-17-12-14-8-4-7-13-6-2-3-9-15(13)14/h2-4,6-9,17H,5,10-12H2,1H3. The van der Waals surface area contributed by atoms with Gasteiger partial charge in [0.1, 0.15) is 0 Å². The maximum absolute atomic E-state index is 3.96. The number of benzene rings is 2. The van der Waals surface area contributed by atoms with Gasteiger partial charge in [0.15, 0.2) is 0 Å². The van der Waals surface area contributed by atoms with Crippen molar-refractivity contribution in [3.8, 4) is 0 Å². The van der Waals surface area contributed by atoms with E-state index in [-0.39, 0.29) is 0 Å². The molecule has 3 aromatic rings. The number of nitrogens with zero attached hydrogens (tertiary/aromatic N) is 4. The fraction of sp³-hybridized carbons (Fsp3) is 0.312. The van der Waals surface area contributed by atoms with Crippen LogP contribution in [0.1, 0.15) is 12.0 Å². The van der Waals surface area contributed by atoms with Gasteiger partial charge in [-0.2, -0.15) is 0 Å². The monoisotopic (exact) mass is 313 g/mol. The van der Waals surface area contributed by atoms with Crippen molar-refractivity contribution >= 4 is 22.5 Å². The van der Waals surface area contributed by atoms with Crippen LogP contribution in [0.4, 0.5) is 0 Å². The zero-order valence-corrected chi connectivity index (χ0v) is 13.4. The molecule has 1 N–H and O–H groups in total. The summed E-state index contributed by atoms with van der Waals surface area (Å²) in [5, 5.41) is 18.4. The molecule has 0 bridgehead atoms. The lowest BCUT2D eigenvalue weighted by Crippen LogP contribution is -2.15. The van der Waals surface area contributed by atoms with Gasteiger partial charge in [0.05, 0.1) is 0 Å². The van der Waals surface area contributed by atoms with Gasteiger partial charge >= 0.3 is 0 Å². The Balaban J connectivity index is 1.44.